The highest BCUT2D eigenvalue weighted by Crippen LogP contribution is 2.29. The van der Waals surface area contributed by atoms with Gasteiger partial charge in [0.05, 0.1) is 0 Å². The van der Waals surface area contributed by atoms with E-state index in [2.05, 4.69) is 12.2 Å². The number of aryl methyl sites for hydroxylation is 2. The standard InChI is InChI=1S/C17H22N2O2/c1-11-3-6-14(9-12(11)2)19-8-7-15(17(19)21)16(20)18-10-13-4-5-13/h3,6,9,13,15H,4-5,7-8,10H2,1-2H3,(H,18,20)/t15-/m1/s1. The summed E-state index contributed by atoms with van der Waals surface area (Å²) in [6.45, 7) is 5.45. The van der Waals surface area contributed by atoms with Crippen LogP contribution >= 0.6 is 0 Å². The van der Waals surface area contributed by atoms with Crippen molar-refractivity contribution in [1.82, 2.24) is 5.32 Å². The molecule has 1 atom stereocenters. The Labute approximate surface area is 125 Å². The van der Waals surface area contributed by atoms with Crippen molar-refractivity contribution in [3.8, 4) is 0 Å². The molecule has 1 N–H and O–H groups in total. The van der Waals surface area contributed by atoms with Gasteiger partial charge in [0.25, 0.3) is 0 Å². The van der Waals surface area contributed by atoms with Crippen molar-refractivity contribution < 1.29 is 9.59 Å². The number of nitrogens with one attached hydrogen (secondary N) is 1. The molecule has 1 aromatic carbocycles. The van der Waals surface area contributed by atoms with E-state index in [-0.39, 0.29) is 11.8 Å². The van der Waals surface area contributed by atoms with Crippen LogP contribution in [0, 0.1) is 25.7 Å². The van der Waals surface area contributed by atoms with Gasteiger partial charge < -0.3 is 10.2 Å². The second-order valence-electron chi connectivity index (χ2n) is 6.29. The maximum absolute atomic E-state index is 12.5. The van der Waals surface area contributed by atoms with Gasteiger partial charge in [0.2, 0.25) is 11.8 Å². The molecule has 1 heterocycles. The summed E-state index contributed by atoms with van der Waals surface area (Å²) in [5.74, 6) is -0.0311. The van der Waals surface area contributed by atoms with Gasteiger partial charge in [-0.2, -0.15) is 0 Å². The van der Waals surface area contributed by atoms with Crippen LogP contribution in [0.4, 0.5) is 5.69 Å². The predicted molar refractivity (Wildman–Crippen MR) is 82.1 cm³/mol. The van der Waals surface area contributed by atoms with E-state index in [1.165, 1.54) is 24.0 Å². The molecular formula is C17H22N2O2. The average molecular weight is 286 g/mol. The van der Waals surface area contributed by atoms with E-state index >= 15 is 0 Å². The normalized spacial score (nSPS) is 21.7. The maximum Gasteiger partial charge on any atom is 0.239 e. The zero-order chi connectivity index (χ0) is 15.0. The number of hydrogen-bond acceptors (Lipinski definition) is 2. The number of rotatable bonds is 4. The molecule has 0 spiro atoms. The van der Waals surface area contributed by atoms with Gasteiger partial charge >= 0.3 is 0 Å². The first-order chi connectivity index (χ1) is 10.1. The molecule has 3 rings (SSSR count). The minimum atomic E-state index is -0.509. The zero-order valence-electron chi connectivity index (χ0n) is 12.7. The van der Waals surface area contributed by atoms with Gasteiger partial charge in [0, 0.05) is 18.8 Å². The van der Waals surface area contributed by atoms with Crippen molar-refractivity contribution in [3.63, 3.8) is 0 Å². The van der Waals surface area contributed by atoms with Crippen LogP contribution in [0.2, 0.25) is 0 Å². The molecule has 0 bridgehead atoms. The van der Waals surface area contributed by atoms with E-state index in [9.17, 15) is 9.59 Å². The summed E-state index contributed by atoms with van der Waals surface area (Å²) in [5, 5.41) is 2.92. The molecule has 1 aromatic rings. The summed E-state index contributed by atoms with van der Waals surface area (Å²) in [4.78, 5) is 26.3. The maximum atomic E-state index is 12.5. The van der Waals surface area contributed by atoms with E-state index in [1.807, 2.05) is 25.1 Å². The summed E-state index contributed by atoms with van der Waals surface area (Å²) in [5.41, 5.74) is 3.28. The summed E-state index contributed by atoms with van der Waals surface area (Å²) in [6, 6.07) is 6.01. The molecule has 2 amide bonds. The molecule has 2 aliphatic rings. The first-order valence-corrected chi connectivity index (χ1v) is 7.72. The van der Waals surface area contributed by atoms with Gasteiger partial charge in [-0.25, -0.2) is 0 Å². The van der Waals surface area contributed by atoms with Crippen LogP contribution in [0.25, 0.3) is 0 Å². The van der Waals surface area contributed by atoms with Crippen LogP contribution in [0.15, 0.2) is 18.2 Å². The van der Waals surface area contributed by atoms with E-state index in [0.29, 0.717) is 18.9 Å². The largest absolute Gasteiger partial charge is 0.355 e. The molecule has 21 heavy (non-hydrogen) atoms. The van der Waals surface area contributed by atoms with Crippen LogP contribution in [-0.2, 0) is 9.59 Å². The summed E-state index contributed by atoms with van der Waals surface area (Å²) >= 11 is 0. The topological polar surface area (TPSA) is 49.4 Å². The van der Waals surface area contributed by atoms with Crippen molar-refractivity contribution in [1.29, 1.82) is 0 Å². The monoisotopic (exact) mass is 286 g/mol. The third kappa shape index (κ3) is 2.94. The van der Waals surface area contributed by atoms with Crippen molar-refractivity contribution in [2.75, 3.05) is 18.0 Å². The molecular weight excluding hydrogens is 264 g/mol. The summed E-state index contributed by atoms with van der Waals surface area (Å²) in [7, 11) is 0. The van der Waals surface area contributed by atoms with E-state index in [1.54, 1.807) is 4.90 Å². The summed E-state index contributed by atoms with van der Waals surface area (Å²) in [6.07, 6.45) is 3.02. The molecule has 1 saturated heterocycles. The first kappa shape index (κ1) is 14.1. The minimum Gasteiger partial charge on any atom is -0.355 e. The lowest BCUT2D eigenvalue weighted by Gasteiger charge is -2.18. The fourth-order valence-corrected chi connectivity index (χ4v) is 2.76. The van der Waals surface area contributed by atoms with Gasteiger partial charge in [0.1, 0.15) is 5.92 Å². The number of carbonyl (C=O) groups is 2. The lowest BCUT2D eigenvalue weighted by molar-refractivity contribution is -0.132. The fourth-order valence-electron chi connectivity index (χ4n) is 2.76. The van der Waals surface area contributed by atoms with Gasteiger partial charge in [-0.15, -0.1) is 0 Å². The quantitative estimate of drug-likeness (QED) is 0.863. The van der Waals surface area contributed by atoms with Crippen molar-refractivity contribution >= 4 is 17.5 Å². The average Bonchev–Trinajstić information content (AvgIpc) is 3.21. The lowest BCUT2D eigenvalue weighted by Crippen LogP contribution is -2.37. The molecule has 1 saturated carbocycles. The van der Waals surface area contributed by atoms with Crippen LogP contribution in [0.5, 0.6) is 0 Å². The van der Waals surface area contributed by atoms with Gasteiger partial charge in [-0.05, 0) is 62.3 Å². The Morgan fingerprint density at radius 2 is 2.00 bits per heavy atom. The second kappa shape index (κ2) is 5.51. The Morgan fingerprint density at radius 3 is 2.67 bits per heavy atom. The number of anilines is 1. The molecule has 112 valence electrons. The van der Waals surface area contributed by atoms with Crippen molar-refractivity contribution in [2.24, 2.45) is 11.8 Å². The molecule has 1 aliphatic carbocycles. The van der Waals surface area contributed by atoms with E-state index in [4.69, 9.17) is 0 Å². The third-order valence-electron chi connectivity index (χ3n) is 4.59. The second-order valence-corrected chi connectivity index (χ2v) is 6.29. The molecule has 1 aliphatic heterocycles. The highest BCUT2D eigenvalue weighted by Gasteiger charge is 2.38. The number of carbonyl (C=O) groups excluding carboxylic acids is 2. The smallest absolute Gasteiger partial charge is 0.239 e. The van der Waals surface area contributed by atoms with Crippen LogP contribution in [-0.4, -0.2) is 24.9 Å². The van der Waals surface area contributed by atoms with Crippen LogP contribution in [0.3, 0.4) is 0 Å². The molecule has 0 aromatic heterocycles. The number of benzene rings is 1. The minimum absolute atomic E-state index is 0.0634. The zero-order valence-corrected chi connectivity index (χ0v) is 12.7. The Hall–Kier alpha value is -1.84. The molecule has 4 nitrogen and oxygen atoms in total. The van der Waals surface area contributed by atoms with Crippen LogP contribution < -0.4 is 10.2 Å². The lowest BCUT2D eigenvalue weighted by atomic mass is 10.1. The Morgan fingerprint density at radius 1 is 1.24 bits per heavy atom. The van der Waals surface area contributed by atoms with Crippen molar-refractivity contribution in [2.45, 2.75) is 33.1 Å². The van der Waals surface area contributed by atoms with Crippen molar-refractivity contribution in [3.05, 3.63) is 29.3 Å². The fraction of sp³-hybridized carbons (Fsp3) is 0.529. The SMILES string of the molecule is Cc1ccc(N2CC[C@H](C(=O)NCC3CC3)C2=O)cc1C. The Kier molecular flexibility index (Phi) is 3.70. The number of hydrogen-bond donors (Lipinski definition) is 1. The molecule has 4 heteroatoms. The van der Waals surface area contributed by atoms with E-state index in [0.717, 1.165) is 12.2 Å². The third-order valence-corrected chi connectivity index (χ3v) is 4.59. The van der Waals surface area contributed by atoms with Gasteiger partial charge in [-0.1, -0.05) is 6.07 Å². The molecule has 0 radical (unpaired) electrons. The van der Waals surface area contributed by atoms with Crippen LogP contribution in [0.1, 0.15) is 30.4 Å². The summed E-state index contributed by atoms with van der Waals surface area (Å²) < 4.78 is 0. The van der Waals surface area contributed by atoms with Gasteiger partial charge in [-0.3, -0.25) is 9.59 Å². The number of amides is 2. The van der Waals surface area contributed by atoms with E-state index < -0.39 is 5.92 Å². The highest BCUT2D eigenvalue weighted by atomic mass is 16.2. The Balaban J connectivity index is 1.67. The predicted octanol–water partition coefficient (Wildman–Crippen LogP) is 2.18. The first-order valence-electron chi connectivity index (χ1n) is 7.72. The van der Waals surface area contributed by atoms with Gasteiger partial charge in [0.15, 0.2) is 0 Å². The Bertz CT molecular complexity index is 578. The molecule has 0 unspecified atom stereocenters. The highest BCUT2D eigenvalue weighted by molar-refractivity contribution is 6.09. The molecule has 2 fully saturated rings. The number of nitrogens with zero attached hydrogens (tertiary/aromatic N) is 1.